The Morgan fingerprint density at radius 1 is 0.523 bits per heavy atom. The van der Waals surface area contributed by atoms with Gasteiger partial charge >= 0.3 is 23.9 Å². The molecule has 1 aromatic rings. The first-order chi connectivity index (χ1) is 30.2. The minimum absolute atomic E-state index is 0.0285. The lowest BCUT2D eigenvalue weighted by molar-refractivity contribution is -0.143. The molecular formula is C41H62N8O16. The number of benzene rings is 1. The number of aliphatic hydroxyl groups excluding tert-OH is 1. The van der Waals surface area contributed by atoms with Crippen LogP contribution in [0.25, 0.3) is 0 Å². The number of nitrogens with two attached hydrogens (primary N) is 1. The zero-order chi connectivity index (χ0) is 49.7. The molecule has 24 nitrogen and oxygen atoms in total. The Balaban J connectivity index is 3.20. The highest BCUT2D eigenvalue weighted by atomic mass is 16.4. The highest BCUT2D eigenvalue weighted by Gasteiger charge is 2.36. The van der Waals surface area contributed by atoms with Gasteiger partial charge in [-0.2, -0.15) is 0 Å². The summed E-state index contributed by atoms with van der Waals surface area (Å²) in [7, 11) is 0. The number of hydrogen-bond donors (Lipinski definition) is 13. The van der Waals surface area contributed by atoms with Gasteiger partial charge in [-0.05, 0) is 50.5 Å². The minimum Gasteiger partial charge on any atom is -0.481 e. The Morgan fingerprint density at radius 2 is 1.00 bits per heavy atom. The fourth-order valence-electron chi connectivity index (χ4n) is 6.01. The summed E-state index contributed by atoms with van der Waals surface area (Å²) in [5.41, 5.74) is 6.34. The fourth-order valence-corrected chi connectivity index (χ4v) is 6.01. The fraction of sp³-hybridized carbons (Fsp3) is 0.585. The van der Waals surface area contributed by atoms with Crippen LogP contribution in [0.1, 0.15) is 85.6 Å². The zero-order valence-corrected chi connectivity index (χ0v) is 37.0. The number of carbonyl (C=O) groups excluding carboxylic acids is 7. The molecule has 1 rings (SSSR count). The van der Waals surface area contributed by atoms with Crippen molar-refractivity contribution in [1.82, 2.24) is 37.2 Å². The number of amides is 7. The lowest BCUT2D eigenvalue weighted by Crippen LogP contribution is -2.62. The number of rotatable bonds is 29. The molecule has 0 aliphatic heterocycles. The summed E-state index contributed by atoms with van der Waals surface area (Å²) >= 11 is 0. The molecule has 1 aromatic carbocycles. The number of nitrogens with one attached hydrogen (secondary N) is 7. The average molecular weight is 923 g/mol. The van der Waals surface area contributed by atoms with Crippen molar-refractivity contribution in [2.24, 2.45) is 17.6 Å². The van der Waals surface area contributed by atoms with Gasteiger partial charge in [0, 0.05) is 19.3 Å². The molecular weight excluding hydrogens is 860 g/mol. The Kier molecular flexibility index (Phi) is 23.8. The monoisotopic (exact) mass is 922 g/mol. The van der Waals surface area contributed by atoms with Gasteiger partial charge in [-0.1, -0.05) is 58.0 Å². The molecule has 24 heteroatoms. The molecule has 0 aliphatic rings. The van der Waals surface area contributed by atoms with E-state index in [9.17, 15) is 73.2 Å². The Bertz CT molecular complexity index is 1860. The first-order valence-electron chi connectivity index (χ1n) is 20.7. The summed E-state index contributed by atoms with van der Waals surface area (Å²) in [4.78, 5) is 139. The maximum Gasteiger partial charge on any atom is 0.326 e. The summed E-state index contributed by atoms with van der Waals surface area (Å²) < 4.78 is 0. The molecule has 0 fully saturated rings. The first-order valence-corrected chi connectivity index (χ1v) is 20.7. The van der Waals surface area contributed by atoms with Crippen LogP contribution in [-0.2, 0) is 59.2 Å². The summed E-state index contributed by atoms with van der Waals surface area (Å²) in [6, 6.07) is -4.17. The predicted molar refractivity (Wildman–Crippen MR) is 227 cm³/mol. The highest BCUT2D eigenvalue weighted by molar-refractivity contribution is 5.98. The van der Waals surface area contributed by atoms with Gasteiger partial charge in [-0.15, -0.1) is 0 Å². The van der Waals surface area contributed by atoms with Crippen LogP contribution in [0.2, 0.25) is 0 Å². The van der Waals surface area contributed by atoms with E-state index in [2.05, 4.69) is 37.2 Å². The normalized spacial score (nSPS) is 15.2. The van der Waals surface area contributed by atoms with Crippen LogP contribution >= 0.6 is 0 Å². The molecule has 0 aliphatic carbocycles. The predicted octanol–water partition coefficient (Wildman–Crippen LogP) is -2.66. The lowest BCUT2D eigenvalue weighted by Gasteiger charge is -2.29. The molecule has 0 bridgehead atoms. The van der Waals surface area contributed by atoms with Crippen LogP contribution in [0, 0.1) is 11.8 Å². The summed E-state index contributed by atoms with van der Waals surface area (Å²) in [5.74, 6) is -13.7. The Morgan fingerprint density at radius 3 is 1.51 bits per heavy atom. The van der Waals surface area contributed by atoms with Gasteiger partial charge in [0.2, 0.25) is 41.4 Å². The van der Waals surface area contributed by atoms with Crippen LogP contribution in [0.3, 0.4) is 0 Å². The lowest BCUT2D eigenvalue weighted by atomic mass is 9.99. The topological polar surface area (TPSA) is 399 Å². The molecule has 14 N–H and O–H groups in total. The van der Waals surface area contributed by atoms with E-state index in [1.54, 1.807) is 58.0 Å². The van der Waals surface area contributed by atoms with E-state index in [4.69, 9.17) is 10.8 Å². The number of aliphatic carboxylic acids is 4. The first kappa shape index (κ1) is 56.3. The number of carbonyl (C=O) groups is 11. The van der Waals surface area contributed by atoms with Crippen LogP contribution in [0.15, 0.2) is 30.3 Å². The number of carboxylic acid groups (broad SMARTS) is 4. The van der Waals surface area contributed by atoms with Crippen molar-refractivity contribution >= 4 is 65.2 Å². The molecule has 0 saturated heterocycles. The highest BCUT2D eigenvalue weighted by Crippen LogP contribution is 2.11. The maximum absolute atomic E-state index is 13.6. The Hall–Kier alpha value is -6.69. The van der Waals surface area contributed by atoms with E-state index in [-0.39, 0.29) is 25.2 Å². The van der Waals surface area contributed by atoms with E-state index in [1.165, 1.54) is 0 Å². The zero-order valence-electron chi connectivity index (χ0n) is 37.0. The van der Waals surface area contributed by atoms with Gasteiger partial charge in [-0.25, -0.2) is 4.79 Å². The van der Waals surface area contributed by atoms with Gasteiger partial charge in [0.25, 0.3) is 0 Å². The van der Waals surface area contributed by atoms with Gasteiger partial charge in [0.05, 0.1) is 18.6 Å². The third-order valence-electron chi connectivity index (χ3n) is 9.60. The van der Waals surface area contributed by atoms with Crippen molar-refractivity contribution in [3.63, 3.8) is 0 Å². The molecule has 7 amide bonds. The average Bonchev–Trinajstić information content (AvgIpc) is 3.20. The second-order valence-corrected chi connectivity index (χ2v) is 16.2. The summed E-state index contributed by atoms with van der Waals surface area (Å²) in [6.45, 7) is 8.78. The van der Waals surface area contributed by atoms with Crippen molar-refractivity contribution in [2.75, 3.05) is 0 Å². The van der Waals surface area contributed by atoms with Crippen LogP contribution in [0.4, 0.5) is 0 Å². The van der Waals surface area contributed by atoms with Crippen LogP contribution in [0.5, 0.6) is 0 Å². The summed E-state index contributed by atoms with van der Waals surface area (Å²) in [5, 5.41) is 64.1. The van der Waals surface area contributed by atoms with E-state index < -0.39 is 151 Å². The molecule has 0 radical (unpaired) electrons. The molecule has 0 spiro atoms. The van der Waals surface area contributed by atoms with Gasteiger partial charge in [0.15, 0.2) is 0 Å². The van der Waals surface area contributed by atoms with E-state index in [1.807, 2.05) is 0 Å². The van der Waals surface area contributed by atoms with Crippen molar-refractivity contribution < 1.29 is 78.3 Å². The molecule has 0 aromatic heterocycles. The molecule has 362 valence electrons. The standard InChI is InChI=1S/C41H62N8O16/c1-19(2)16-26(45-39(62)32(20(3)4)48-35(58)24(42)12-14-29(51)52)38(61)49-33(22(6)50)40(63)46-27(18-31(55)56)37(60)43-21(5)34(57)44-25(13-15-30(53)54)36(59)47-28(41(64)65)17-23-10-8-7-9-11-23/h7-11,19-22,24-28,32-33,50H,12-18,42H2,1-6H3,(H,43,60)(H,44,57)(H,45,62)(H,46,63)(H,47,59)(H,48,58)(H,49,61)(H,51,52)(H,53,54)(H,55,56)(H,64,65)/t21-,22+,24-,25-,26-,27-,28-,32-,33-/m0/s1. The molecule has 0 saturated carbocycles. The van der Waals surface area contributed by atoms with E-state index >= 15 is 0 Å². The smallest absolute Gasteiger partial charge is 0.326 e. The van der Waals surface area contributed by atoms with Gasteiger partial charge in [0.1, 0.15) is 42.3 Å². The quantitative estimate of drug-likeness (QED) is 0.0390. The molecule has 65 heavy (non-hydrogen) atoms. The van der Waals surface area contributed by atoms with Crippen molar-refractivity contribution in [3.8, 4) is 0 Å². The van der Waals surface area contributed by atoms with Gasteiger partial charge < -0.3 is 68.5 Å². The van der Waals surface area contributed by atoms with E-state index in [0.29, 0.717) is 5.56 Å². The SMILES string of the molecule is CC(C)C[C@H](NC(=O)[C@@H](NC(=O)[C@@H](N)CCC(=O)O)C(C)C)C(=O)N[C@H](C(=O)N[C@@H](CC(=O)O)C(=O)N[C@@H](C)C(=O)N[C@@H](CCC(=O)O)C(=O)N[C@@H](Cc1ccccc1)C(=O)O)[C@@H](C)O. The largest absolute Gasteiger partial charge is 0.481 e. The number of hydrogen-bond acceptors (Lipinski definition) is 13. The van der Waals surface area contributed by atoms with E-state index in [0.717, 1.165) is 13.8 Å². The van der Waals surface area contributed by atoms with Crippen molar-refractivity contribution in [1.29, 1.82) is 0 Å². The minimum atomic E-state index is -1.95. The maximum atomic E-state index is 13.6. The number of carboxylic acids is 4. The summed E-state index contributed by atoms with van der Waals surface area (Å²) in [6.07, 6.45) is -4.73. The van der Waals surface area contributed by atoms with Crippen LogP contribution < -0.4 is 43.0 Å². The molecule has 9 atom stereocenters. The van der Waals surface area contributed by atoms with Crippen LogP contribution in [-0.4, -0.2) is 145 Å². The van der Waals surface area contributed by atoms with Gasteiger partial charge in [-0.3, -0.25) is 47.9 Å². The Labute approximate surface area is 374 Å². The van der Waals surface area contributed by atoms with Crippen molar-refractivity contribution in [2.45, 2.75) is 141 Å². The number of aliphatic hydroxyl groups is 1. The third kappa shape index (κ3) is 21.0. The third-order valence-corrected chi connectivity index (χ3v) is 9.60. The van der Waals surface area contributed by atoms with Crippen molar-refractivity contribution in [3.05, 3.63) is 35.9 Å². The second kappa shape index (κ2) is 27.5. The molecule has 0 heterocycles. The second-order valence-electron chi connectivity index (χ2n) is 16.2. The molecule has 0 unspecified atom stereocenters.